The molecule has 2 aromatic carbocycles. The van der Waals surface area contributed by atoms with Crippen molar-refractivity contribution in [2.45, 2.75) is 33.2 Å². The highest BCUT2D eigenvalue weighted by molar-refractivity contribution is 5.92. The highest BCUT2D eigenvalue weighted by Crippen LogP contribution is 2.35. The Morgan fingerprint density at radius 1 is 1.00 bits per heavy atom. The second-order valence-corrected chi connectivity index (χ2v) is 8.71. The number of aliphatic carboxylic acids is 1. The number of pyridine rings is 2. The molecule has 4 aromatic rings. The number of benzene rings is 2. The van der Waals surface area contributed by atoms with Gasteiger partial charge in [0.25, 0.3) is 0 Å². The van der Waals surface area contributed by atoms with Gasteiger partial charge in [0.2, 0.25) is 0 Å². The van der Waals surface area contributed by atoms with Crippen LogP contribution in [0.5, 0.6) is 0 Å². The number of carboxylic acid groups (broad SMARTS) is 1. The number of rotatable bonds is 7. The van der Waals surface area contributed by atoms with Crippen LogP contribution in [-0.2, 0) is 17.8 Å². The summed E-state index contributed by atoms with van der Waals surface area (Å²) in [5, 5.41) is 10.5. The van der Waals surface area contributed by atoms with E-state index >= 15 is 0 Å². The molecule has 0 saturated heterocycles. The van der Waals surface area contributed by atoms with Gasteiger partial charge in [-0.25, -0.2) is 4.98 Å². The molecule has 0 spiro atoms. The fourth-order valence-corrected chi connectivity index (χ4v) is 3.78. The fourth-order valence-electron chi connectivity index (χ4n) is 3.78. The first kappa shape index (κ1) is 21.7. The van der Waals surface area contributed by atoms with Crippen molar-refractivity contribution in [3.05, 3.63) is 84.2 Å². The zero-order valence-electron chi connectivity index (χ0n) is 18.5. The van der Waals surface area contributed by atoms with Gasteiger partial charge in [0.1, 0.15) is 0 Å². The molecule has 0 saturated carbocycles. The minimum Gasteiger partial charge on any atom is -0.481 e. The van der Waals surface area contributed by atoms with Crippen molar-refractivity contribution in [3.8, 4) is 22.4 Å². The molecular formula is C27H28N3O2+. The molecule has 0 atom stereocenters. The molecule has 0 unspecified atom stereocenters. The van der Waals surface area contributed by atoms with Crippen LogP contribution >= 0.6 is 0 Å². The molecule has 4 rings (SSSR count). The van der Waals surface area contributed by atoms with Crippen LogP contribution in [-0.4, -0.2) is 21.0 Å². The summed E-state index contributed by atoms with van der Waals surface area (Å²) in [4.78, 5) is 21.2. The maximum absolute atomic E-state index is 11.6. The van der Waals surface area contributed by atoms with Gasteiger partial charge < -0.3 is 10.8 Å². The Hall–Kier alpha value is -3.57. The molecule has 32 heavy (non-hydrogen) atoms. The van der Waals surface area contributed by atoms with E-state index < -0.39 is 11.4 Å². The fraction of sp³-hybridized carbons (Fsp3) is 0.222. The standard InChI is InChI=1S/C27H27N3O2/c1-27(2,26(31)32)14-12-23-22-16-21(19-6-4-3-5-7-19)25(30-24(22)13-15-29-23)20-10-8-18(17-28)9-11-20/h3-11,13,15-16H,12,14,17,28H2,1-2H3,(H,31,32)/p+1. The number of nitrogens with zero attached hydrogens (tertiary/aromatic N) is 2. The van der Waals surface area contributed by atoms with Crippen LogP contribution in [0.4, 0.5) is 0 Å². The maximum Gasteiger partial charge on any atom is 0.309 e. The van der Waals surface area contributed by atoms with Crippen LogP contribution in [0.15, 0.2) is 72.9 Å². The van der Waals surface area contributed by atoms with Crippen LogP contribution in [0.3, 0.4) is 0 Å². The molecule has 5 heteroatoms. The topological polar surface area (TPSA) is 90.7 Å². The van der Waals surface area contributed by atoms with Gasteiger partial charge >= 0.3 is 5.97 Å². The van der Waals surface area contributed by atoms with Gasteiger partial charge in [0.15, 0.2) is 0 Å². The van der Waals surface area contributed by atoms with Crippen molar-refractivity contribution < 1.29 is 15.6 Å². The van der Waals surface area contributed by atoms with Gasteiger partial charge in [-0.15, -0.1) is 0 Å². The molecule has 0 aliphatic carbocycles. The second-order valence-electron chi connectivity index (χ2n) is 8.71. The van der Waals surface area contributed by atoms with Crippen molar-refractivity contribution in [1.82, 2.24) is 9.97 Å². The number of hydrogen-bond donors (Lipinski definition) is 2. The lowest BCUT2D eigenvalue weighted by Gasteiger charge is -2.19. The molecule has 0 aliphatic heterocycles. The first-order valence-electron chi connectivity index (χ1n) is 10.8. The number of quaternary nitrogens is 1. The van der Waals surface area contributed by atoms with Crippen molar-refractivity contribution >= 4 is 16.9 Å². The third-order valence-electron chi connectivity index (χ3n) is 5.99. The average Bonchev–Trinajstić information content (AvgIpc) is 2.82. The van der Waals surface area contributed by atoms with Crippen LogP contribution < -0.4 is 5.73 Å². The summed E-state index contributed by atoms with van der Waals surface area (Å²) >= 11 is 0. The summed E-state index contributed by atoms with van der Waals surface area (Å²) in [5.74, 6) is -0.797. The minimum absolute atomic E-state index is 0.503. The molecular weight excluding hydrogens is 398 g/mol. The Morgan fingerprint density at radius 3 is 2.38 bits per heavy atom. The van der Waals surface area contributed by atoms with Gasteiger partial charge in [-0.3, -0.25) is 9.78 Å². The molecule has 0 amide bonds. The summed E-state index contributed by atoms with van der Waals surface area (Å²) in [6.45, 7) is 4.25. The third-order valence-corrected chi connectivity index (χ3v) is 5.99. The van der Waals surface area contributed by atoms with E-state index in [0.29, 0.717) is 12.8 Å². The van der Waals surface area contributed by atoms with Crippen LogP contribution in [0, 0.1) is 5.41 Å². The Kier molecular flexibility index (Phi) is 6.01. The van der Waals surface area contributed by atoms with E-state index in [2.05, 4.69) is 53.2 Å². The Morgan fingerprint density at radius 2 is 1.72 bits per heavy atom. The number of fused-ring (bicyclic) bond motifs is 1. The SMILES string of the molecule is CC(C)(CCc1nccc2nc(-c3ccc(C[NH3+])cc3)c(-c3ccccc3)cc12)C(=O)O. The van der Waals surface area contributed by atoms with Gasteiger partial charge in [-0.2, -0.15) is 0 Å². The molecule has 5 nitrogen and oxygen atoms in total. The summed E-state index contributed by atoms with van der Waals surface area (Å²) in [7, 11) is 0. The van der Waals surface area contributed by atoms with Crippen LogP contribution in [0.2, 0.25) is 0 Å². The van der Waals surface area contributed by atoms with E-state index in [1.54, 1.807) is 20.0 Å². The van der Waals surface area contributed by atoms with E-state index in [4.69, 9.17) is 4.98 Å². The first-order valence-corrected chi connectivity index (χ1v) is 10.8. The lowest BCUT2D eigenvalue weighted by atomic mass is 9.86. The molecule has 0 bridgehead atoms. The number of carboxylic acids is 1. The highest BCUT2D eigenvalue weighted by atomic mass is 16.4. The Labute approximate surface area is 188 Å². The van der Waals surface area contributed by atoms with Gasteiger partial charge in [-0.1, -0.05) is 54.6 Å². The maximum atomic E-state index is 11.6. The molecule has 0 fully saturated rings. The Bertz CT molecular complexity index is 1250. The number of carbonyl (C=O) groups is 1. The lowest BCUT2D eigenvalue weighted by molar-refractivity contribution is -0.386. The van der Waals surface area contributed by atoms with Gasteiger partial charge in [-0.05, 0) is 44.4 Å². The smallest absolute Gasteiger partial charge is 0.309 e. The predicted molar refractivity (Wildman–Crippen MR) is 127 cm³/mol. The summed E-state index contributed by atoms with van der Waals surface area (Å²) < 4.78 is 0. The third kappa shape index (κ3) is 4.39. The van der Waals surface area contributed by atoms with Crippen molar-refractivity contribution in [2.75, 3.05) is 0 Å². The number of aromatic nitrogens is 2. The van der Waals surface area contributed by atoms with E-state index in [9.17, 15) is 9.90 Å². The van der Waals surface area contributed by atoms with Crippen molar-refractivity contribution in [3.63, 3.8) is 0 Å². The van der Waals surface area contributed by atoms with E-state index in [1.165, 1.54) is 5.56 Å². The quantitative estimate of drug-likeness (QED) is 0.446. The predicted octanol–water partition coefficient (Wildman–Crippen LogP) is 4.75. The van der Waals surface area contributed by atoms with E-state index in [1.807, 2.05) is 24.3 Å². The zero-order chi connectivity index (χ0) is 22.7. The molecule has 0 radical (unpaired) electrons. The minimum atomic E-state index is -0.810. The lowest BCUT2D eigenvalue weighted by Crippen LogP contribution is -2.47. The molecule has 0 aliphatic rings. The summed E-state index contributed by atoms with van der Waals surface area (Å²) in [6.07, 6.45) is 2.84. The molecule has 4 N–H and O–H groups in total. The van der Waals surface area contributed by atoms with E-state index in [0.717, 1.165) is 45.5 Å². The number of hydrogen-bond acceptors (Lipinski definition) is 3. The highest BCUT2D eigenvalue weighted by Gasteiger charge is 2.27. The second kappa shape index (κ2) is 8.89. The molecule has 2 aromatic heterocycles. The van der Waals surface area contributed by atoms with Crippen molar-refractivity contribution in [2.24, 2.45) is 5.41 Å². The first-order chi connectivity index (χ1) is 15.4. The van der Waals surface area contributed by atoms with Crippen LogP contribution in [0.1, 0.15) is 31.5 Å². The molecule has 2 heterocycles. The zero-order valence-corrected chi connectivity index (χ0v) is 18.5. The number of aryl methyl sites for hydroxylation is 1. The van der Waals surface area contributed by atoms with Crippen LogP contribution in [0.25, 0.3) is 33.3 Å². The summed E-state index contributed by atoms with van der Waals surface area (Å²) in [5.41, 5.74) is 10.2. The average molecular weight is 427 g/mol. The van der Waals surface area contributed by atoms with Gasteiger partial charge in [0, 0.05) is 34.0 Å². The van der Waals surface area contributed by atoms with Gasteiger partial charge in [0.05, 0.1) is 23.2 Å². The van der Waals surface area contributed by atoms with Crippen molar-refractivity contribution in [1.29, 1.82) is 0 Å². The Balaban J connectivity index is 1.86. The normalized spacial score (nSPS) is 11.6. The monoisotopic (exact) mass is 426 g/mol. The molecule has 162 valence electrons. The van der Waals surface area contributed by atoms with E-state index in [-0.39, 0.29) is 0 Å². The summed E-state index contributed by atoms with van der Waals surface area (Å²) in [6, 6.07) is 22.7. The largest absolute Gasteiger partial charge is 0.481 e.